The Labute approximate surface area is 205 Å². The molecule has 2 atom stereocenters. The van der Waals surface area contributed by atoms with Gasteiger partial charge in [0.25, 0.3) is 0 Å². The number of aliphatic imine (C=N–C) groups is 1. The Kier molecular flexibility index (Phi) is 10.8. The summed E-state index contributed by atoms with van der Waals surface area (Å²) in [7, 11) is 1.68. The number of hydrogen-bond donors (Lipinski definition) is 2. The van der Waals surface area contributed by atoms with Crippen molar-refractivity contribution in [3.63, 3.8) is 0 Å². The minimum atomic E-state index is -4.14. The minimum Gasteiger partial charge on any atom is -0.491 e. The van der Waals surface area contributed by atoms with Gasteiger partial charge in [0.1, 0.15) is 12.4 Å². The van der Waals surface area contributed by atoms with Gasteiger partial charge in [0.2, 0.25) is 0 Å². The molecule has 6 nitrogen and oxygen atoms in total. The van der Waals surface area contributed by atoms with Crippen LogP contribution in [0.1, 0.15) is 30.4 Å². The van der Waals surface area contributed by atoms with E-state index in [1.54, 1.807) is 7.05 Å². The summed E-state index contributed by atoms with van der Waals surface area (Å²) in [4.78, 5) is 5.70. The van der Waals surface area contributed by atoms with Crippen LogP contribution in [-0.4, -0.2) is 69.6 Å². The van der Waals surface area contributed by atoms with Gasteiger partial charge in [-0.05, 0) is 50.3 Å². The zero-order valence-electron chi connectivity index (χ0n) is 18.7. The zero-order chi connectivity index (χ0) is 22.3. The highest BCUT2D eigenvalue weighted by Gasteiger charge is 2.34. The maximum absolute atomic E-state index is 12.6. The fourth-order valence-electron chi connectivity index (χ4n) is 4.02. The highest BCUT2D eigenvalue weighted by Crippen LogP contribution is 2.23. The van der Waals surface area contributed by atoms with E-state index in [0.717, 1.165) is 42.7 Å². The number of ether oxygens (including phenoxy) is 2. The molecule has 0 saturated carbocycles. The van der Waals surface area contributed by atoms with Crippen molar-refractivity contribution in [2.24, 2.45) is 10.9 Å². The number of benzene rings is 1. The first kappa shape index (κ1) is 27.0. The summed E-state index contributed by atoms with van der Waals surface area (Å²) in [5, 5.41) is 6.52. The summed E-state index contributed by atoms with van der Waals surface area (Å²) in [6.07, 6.45) is -1.14. The van der Waals surface area contributed by atoms with E-state index in [-0.39, 0.29) is 36.0 Å². The van der Waals surface area contributed by atoms with E-state index in [1.807, 2.05) is 25.1 Å². The molecule has 2 unspecified atom stereocenters. The van der Waals surface area contributed by atoms with E-state index < -0.39 is 12.7 Å². The van der Waals surface area contributed by atoms with Crippen LogP contribution in [0.15, 0.2) is 23.2 Å². The van der Waals surface area contributed by atoms with Crippen LogP contribution in [0.25, 0.3) is 0 Å². The molecule has 32 heavy (non-hydrogen) atoms. The molecule has 1 aromatic carbocycles. The molecular weight excluding hydrogens is 536 g/mol. The van der Waals surface area contributed by atoms with Crippen molar-refractivity contribution in [1.29, 1.82) is 0 Å². The van der Waals surface area contributed by atoms with Crippen molar-refractivity contribution >= 4 is 29.9 Å². The third-order valence-electron chi connectivity index (χ3n) is 5.67. The average Bonchev–Trinajstić information content (AvgIpc) is 3.38. The quantitative estimate of drug-likeness (QED) is 0.284. The number of aryl methyl sites for hydroxylation is 1. The SMILES string of the molecule is CN=C(NCc1ccc(C)cc1OCC1CCCO1)NCC1CCN(CC(F)(F)F)C1.I. The molecule has 2 fully saturated rings. The highest BCUT2D eigenvalue weighted by molar-refractivity contribution is 14.0. The van der Waals surface area contributed by atoms with Crippen LogP contribution in [0.5, 0.6) is 5.75 Å². The summed E-state index contributed by atoms with van der Waals surface area (Å²) in [5.41, 5.74) is 2.14. The Morgan fingerprint density at radius 1 is 1.28 bits per heavy atom. The van der Waals surface area contributed by atoms with Crippen molar-refractivity contribution in [1.82, 2.24) is 15.5 Å². The van der Waals surface area contributed by atoms with E-state index >= 15 is 0 Å². The van der Waals surface area contributed by atoms with Crippen molar-refractivity contribution < 1.29 is 22.6 Å². The predicted molar refractivity (Wildman–Crippen MR) is 130 cm³/mol. The highest BCUT2D eigenvalue weighted by atomic mass is 127. The van der Waals surface area contributed by atoms with Crippen molar-refractivity contribution in [3.05, 3.63) is 29.3 Å². The first-order valence-corrected chi connectivity index (χ1v) is 10.9. The van der Waals surface area contributed by atoms with Crippen molar-refractivity contribution in [3.8, 4) is 5.75 Å². The minimum absolute atomic E-state index is 0. The van der Waals surface area contributed by atoms with Gasteiger partial charge in [-0.1, -0.05) is 12.1 Å². The number of likely N-dealkylation sites (tertiary alicyclic amines) is 1. The lowest BCUT2D eigenvalue weighted by Gasteiger charge is -2.19. The van der Waals surface area contributed by atoms with E-state index in [4.69, 9.17) is 9.47 Å². The summed E-state index contributed by atoms with van der Waals surface area (Å²) >= 11 is 0. The van der Waals surface area contributed by atoms with Crippen LogP contribution in [0.2, 0.25) is 0 Å². The third kappa shape index (κ3) is 8.93. The molecule has 10 heteroatoms. The summed E-state index contributed by atoms with van der Waals surface area (Å²) in [5.74, 6) is 1.63. The molecule has 182 valence electrons. The summed E-state index contributed by atoms with van der Waals surface area (Å²) in [6.45, 7) is 4.58. The van der Waals surface area contributed by atoms with E-state index in [0.29, 0.717) is 38.7 Å². The maximum atomic E-state index is 12.6. The van der Waals surface area contributed by atoms with Crippen LogP contribution in [0, 0.1) is 12.8 Å². The van der Waals surface area contributed by atoms with Gasteiger partial charge in [-0.3, -0.25) is 9.89 Å². The first-order chi connectivity index (χ1) is 14.8. The second kappa shape index (κ2) is 12.8. The average molecular weight is 570 g/mol. The third-order valence-corrected chi connectivity index (χ3v) is 5.67. The summed E-state index contributed by atoms with van der Waals surface area (Å²) < 4.78 is 49.4. The Morgan fingerprint density at radius 2 is 2.09 bits per heavy atom. The fourth-order valence-corrected chi connectivity index (χ4v) is 4.02. The molecule has 0 radical (unpaired) electrons. The van der Waals surface area contributed by atoms with Gasteiger partial charge in [0.15, 0.2) is 5.96 Å². The number of alkyl halides is 3. The smallest absolute Gasteiger partial charge is 0.401 e. The lowest BCUT2D eigenvalue weighted by molar-refractivity contribution is -0.143. The molecule has 3 rings (SSSR count). The van der Waals surface area contributed by atoms with Gasteiger partial charge in [-0.2, -0.15) is 13.2 Å². The van der Waals surface area contributed by atoms with Crippen LogP contribution < -0.4 is 15.4 Å². The molecule has 2 aliphatic heterocycles. The topological polar surface area (TPSA) is 58.1 Å². The van der Waals surface area contributed by atoms with Gasteiger partial charge in [0, 0.05) is 38.9 Å². The van der Waals surface area contributed by atoms with Crippen LogP contribution in [0.4, 0.5) is 13.2 Å². The van der Waals surface area contributed by atoms with E-state index in [2.05, 4.69) is 15.6 Å². The molecule has 0 aromatic heterocycles. The Balaban J connectivity index is 0.00000363. The monoisotopic (exact) mass is 570 g/mol. The van der Waals surface area contributed by atoms with Gasteiger partial charge >= 0.3 is 6.18 Å². The molecule has 2 heterocycles. The number of hydrogen-bond acceptors (Lipinski definition) is 4. The van der Waals surface area contributed by atoms with E-state index in [1.165, 1.54) is 4.90 Å². The zero-order valence-corrected chi connectivity index (χ0v) is 21.0. The number of guanidine groups is 1. The normalized spacial score (nSPS) is 22.0. The standard InChI is InChI=1S/C22H33F3N4O2.HI/c1-16-5-6-18(20(10-16)31-14-19-4-3-9-30-19)12-28-21(26-2)27-11-17-7-8-29(13-17)15-22(23,24)25;/h5-6,10,17,19H,3-4,7-9,11-15H2,1-2H3,(H2,26,27,28);1H. The number of nitrogens with one attached hydrogen (secondary N) is 2. The number of nitrogens with zero attached hydrogens (tertiary/aromatic N) is 2. The molecule has 0 spiro atoms. The fraction of sp³-hybridized carbons (Fsp3) is 0.682. The van der Waals surface area contributed by atoms with Crippen molar-refractivity contribution in [2.45, 2.75) is 45.0 Å². The van der Waals surface area contributed by atoms with Crippen LogP contribution >= 0.6 is 24.0 Å². The molecule has 0 amide bonds. The largest absolute Gasteiger partial charge is 0.491 e. The number of rotatable bonds is 8. The van der Waals surface area contributed by atoms with Crippen molar-refractivity contribution in [2.75, 3.05) is 46.4 Å². The van der Waals surface area contributed by atoms with Gasteiger partial charge in [-0.25, -0.2) is 0 Å². The van der Waals surface area contributed by atoms with Gasteiger partial charge in [-0.15, -0.1) is 24.0 Å². The van der Waals surface area contributed by atoms with E-state index in [9.17, 15) is 13.2 Å². The number of halogens is 4. The lowest BCUT2D eigenvalue weighted by Crippen LogP contribution is -2.40. The second-order valence-electron chi connectivity index (χ2n) is 8.37. The van der Waals surface area contributed by atoms with Gasteiger partial charge < -0.3 is 20.1 Å². The summed E-state index contributed by atoms with van der Waals surface area (Å²) in [6, 6.07) is 6.10. The molecular formula is C22H34F3IN4O2. The Morgan fingerprint density at radius 3 is 2.78 bits per heavy atom. The Hall–Kier alpha value is -1.27. The van der Waals surface area contributed by atoms with Crippen LogP contribution in [0.3, 0.4) is 0 Å². The van der Waals surface area contributed by atoms with Crippen LogP contribution in [-0.2, 0) is 11.3 Å². The van der Waals surface area contributed by atoms with Gasteiger partial charge in [0.05, 0.1) is 12.6 Å². The predicted octanol–water partition coefficient (Wildman–Crippen LogP) is 3.72. The molecule has 0 aliphatic carbocycles. The maximum Gasteiger partial charge on any atom is 0.401 e. The second-order valence-corrected chi connectivity index (χ2v) is 8.37. The molecule has 2 saturated heterocycles. The molecule has 2 aliphatic rings. The first-order valence-electron chi connectivity index (χ1n) is 10.9. The molecule has 2 N–H and O–H groups in total. The molecule has 1 aromatic rings. The lowest BCUT2D eigenvalue weighted by atomic mass is 10.1. The Bertz CT molecular complexity index is 742. The molecule has 0 bridgehead atoms.